The molecule has 0 aromatic rings. The lowest BCUT2D eigenvalue weighted by Gasteiger charge is -2.28. The number of likely N-dealkylation sites (N-methyl/N-ethyl adjacent to an activating group) is 1. The van der Waals surface area contributed by atoms with Gasteiger partial charge in [-0.25, -0.2) is 0 Å². The molecular formula is C10H20N+. The normalized spacial score (nSPS) is 47.7. The molecule has 2 aliphatic rings. The number of quaternary nitrogens is 1. The summed E-state index contributed by atoms with van der Waals surface area (Å²) < 4.78 is 1.30. The van der Waals surface area contributed by atoms with Gasteiger partial charge >= 0.3 is 0 Å². The minimum atomic E-state index is 0.720. The monoisotopic (exact) mass is 154 g/mol. The molecule has 1 aliphatic heterocycles. The summed E-state index contributed by atoms with van der Waals surface area (Å²) in [7, 11) is 4.78. The number of hydrogen-bond acceptors (Lipinski definition) is 0. The van der Waals surface area contributed by atoms with Gasteiger partial charge in [-0.2, -0.15) is 0 Å². The van der Waals surface area contributed by atoms with Crippen molar-refractivity contribution in [3.63, 3.8) is 0 Å². The highest BCUT2D eigenvalue weighted by Gasteiger charge is 2.66. The predicted molar refractivity (Wildman–Crippen MR) is 47.3 cm³/mol. The second kappa shape index (κ2) is 2.01. The maximum absolute atomic E-state index is 2.45. The van der Waals surface area contributed by atoms with E-state index in [9.17, 15) is 0 Å². The minimum absolute atomic E-state index is 0.720. The van der Waals surface area contributed by atoms with E-state index >= 15 is 0 Å². The molecule has 2 atom stereocenters. The first-order valence-electron chi connectivity index (χ1n) is 4.92. The third-order valence-corrected chi connectivity index (χ3v) is 4.19. The summed E-state index contributed by atoms with van der Waals surface area (Å²) in [4.78, 5) is 0. The van der Waals surface area contributed by atoms with Gasteiger partial charge in [0.15, 0.2) is 5.54 Å². The van der Waals surface area contributed by atoms with Gasteiger partial charge in [0.1, 0.15) is 6.54 Å². The average molecular weight is 154 g/mol. The van der Waals surface area contributed by atoms with Gasteiger partial charge in [-0.3, -0.25) is 0 Å². The van der Waals surface area contributed by atoms with Crippen molar-refractivity contribution < 1.29 is 4.48 Å². The smallest absolute Gasteiger partial charge is 0.151 e. The first-order chi connectivity index (χ1) is 5.08. The van der Waals surface area contributed by atoms with Crippen molar-refractivity contribution >= 4 is 0 Å². The number of nitrogens with zero attached hydrogens (tertiary/aromatic N) is 1. The lowest BCUT2D eigenvalue weighted by atomic mass is 9.79. The van der Waals surface area contributed by atoms with Gasteiger partial charge in [-0.05, 0) is 12.8 Å². The van der Waals surface area contributed by atoms with Crippen LogP contribution >= 0.6 is 0 Å². The Labute approximate surface area is 70.0 Å². The number of rotatable bonds is 0. The van der Waals surface area contributed by atoms with Crippen LogP contribution in [0, 0.1) is 5.92 Å². The molecule has 1 nitrogen and oxygen atoms in total. The van der Waals surface area contributed by atoms with Crippen LogP contribution in [0.1, 0.15) is 32.6 Å². The quantitative estimate of drug-likeness (QED) is 0.370. The maximum Gasteiger partial charge on any atom is 0.151 e. The van der Waals surface area contributed by atoms with E-state index in [1.807, 2.05) is 0 Å². The van der Waals surface area contributed by atoms with E-state index < -0.39 is 0 Å². The fourth-order valence-electron chi connectivity index (χ4n) is 3.18. The molecule has 0 amide bonds. The molecule has 0 aromatic heterocycles. The van der Waals surface area contributed by atoms with Crippen LogP contribution in [-0.2, 0) is 0 Å². The molecule has 1 heteroatoms. The molecule has 1 heterocycles. The van der Waals surface area contributed by atoms with Crippen molar-refractivity contribution in [1.29, 1.82) is 0 Å². The van der Waals surface area contributed by atoms with Crippen LogP contribution in [-0.4, -0.2) is 30.7 Å². The molecule has 1 saturated heterocycles. The van der Waals surface area contributed by atoms with Crippen molar-refractivity contribution in [3.05, 3.63) is 0 Å². The van der Waals surface area contributed by atoms with Gasteiger partial charge < -0.3 is 4.48 Å². The first kappa shape index (κ1) is 7.60. The summed E-state index contributed by atoms with van der Waals surface area (Å²) in [5, 5.41) is 0. The molecule has 2 fully saturated rings. The Morgan fingerprint density at radius 1 is 1.27 bits per heavy atom. The van der Waals surface area contributed by atoms with Crippen molar-refractivity contribution in [2.45, 2.75) is 38.1 Å². The van der Waals surface area contributed by atoms with Crippen molar-refractivity contribution in [1.82, 2.24) is 0 Å². The SMILES string of the molecule is C[C@H]1CCCCC12C[N+]2(C)C. The number of hydrogen-bond donors (Lipinski definition) is 0. The zero-order valence-corrected chi connectivity index (χ0v) is 8.06. The van der Waals surface area contributed by atoms with E-state index in [0.717, 1.165) is 11.5 Å². The van der Waals surface area contributed by atoms with Gasteiger partial charge in [0.2, 0.25) is 0 Å². The van der Waals surface area contributed by atoms with Crippen molar-refractivity contribution in [2.24, 2.45) is 5.92 Å². The topological polar surface area (TPSA) is 0 Å². The molecule has 11 heavy (non-hydrogen) atoms. The van der Waals surface area contributed by atoms with E-state index in [-0.39, 0.29) is 0 Å². The maximum atomic E-state index is 2.45. The summed E-state index contributed by atoms with van der Waals surface area (Å²) in [6.07, 6.45) is 5.91. The Morgan fingerprint density at radius 3 is 2.27 bits per heavy atom. The van der Waals surface area contributed by atoms with Crippen LogP contribution in [0.3, 0.4) is 0 Å². The molecule has 1 unspecified atom stereocenters. The highest BCUT2D eigenvalue weighted by molar-refractivity contribution is 4.99. The van der Waals surface area contributed by atoms with Crippen LogP contribution in [0.4, 0.5) is 0 Å². The molecule has 1 spiro atoms. The van der Waals surface area contributed by atoms with E-state index in [4.69, 9.17) is 0 Å². The fourth-order valence-corrected chi connectivity index (χ4v) is 3.18. The van der Waals surface area contributed by atoms with Gasteiger partial charge in [0, 0.05) is 12.3 Å². The standard InChI is InChI=1S/C10H20N/c1-9-6-4-5-7-10(9)8-11(10,2)3/h9H,4-8H2,1-3H3/q+1/t9-,10?/m0/s1. The Balaban J connectivity index is 2.13. The van der Waals surface area contributed by atoms with E-state index in [1.165, 1.54) is 36.7 Å². The highest BCUT2D eigenvalue weighted by Crippen LogP contribution is 2.52. The lowest BCUT2D eigenvalue weighted by Crippen LogP contribution is -2.36. The van der Waals surface area contributed by atoms with Crippen LogP contribution < -0.4 is 0 Å². The summed E-state index contributed by atoms with van der Waals surface area (Å²) in [6.45, 7) is 3.89. The molecule has 64 valence electrons. The summed E-state index contributed by atoms with van der Waals surface area (Å²) in [6, 6.07) is 0. The first-order valence-corrected chi connectivity index (χ1v) is 4.92. The fraction of sp³-hybridized carbons (Fsp3) is 1.00. The Hall–Kier alpha value is -0.0400. The van der Waals surface area contributed by atoms with Crippen LogP contribution in [0.15, 0.2) is 0 Å². The molecule has 0 N–H and O–H groups in total. The minimum Gasteiger partial charge on any atom is -0.314 e. The second-order valence-corrected chi connectivity index (χ2v) is 5.09. The van der Waals surface area contributed by atoms with E-state index in [2.05, 4.69) is 21.0 Å². The Kier molecular flexibility index (Phi) is 1.39. The molecular weight excluding hydrogens is 134 g/mol. The Bertz CT molecular complexity index is 174. The van der Waals surface area contributed by atoms with Crippen molar-refractivity contribution in [2.75, 3.05) is 20.6 Å². The Morgan fingerprint density at radius 2 is 1.91 bits per heavy atom. The van der Waals surface area contributed by atoms with E-state index in [1.54, 1.807) is 0 Å². The average Bonchev–Trinajstić information content (AvgIpc) is 2.45. The molecule has 2 rings (SSSR count). The molecule has 0 bridgehead atoms. The van der Waals surface area contributed by atoms with Crippen molar-refractivity contribution in [3.8, 4) is 0 Å². The van der Waals surface area contributed by atoms with Crippen LogP contribution in [0.5, 0.6) is 0 Å². The molecule has 0 aromatic carbocycles. The molecule has 1 saturated carbocycles. The largest absolute Gasteiger partial charge is 0.314 e. The van der Waals surface area contributed by atoms with Gasteiger partial charge in [0.25, 0.3) is 0 Å². The zero-order valence-electron chi connectivity index (χ0n) is 8.06. The van der Waals surface area contributed by atoms with Crippen LogP contribution in [0.25, 0.3) is 0 Å². The zero-order chi connectivity index (χ0) is 8.11. The third kappa shape index (κ3) is 0.868. The molecule has 0 radical (unpaired) electrons. The summed E-state index contributed by atoms with van der Waals surface area (Å²) in [5.74, 6) is 0.978. The predicted octanol–water partition coefficient (Wildman–Crippen LogP) is 2.03. The van der Waals surface area contributed by atoms with Gasteiger partial charge in [-0.15, -0.1) is 0 Å². The van der Waals surface area contributed by atoms with E-state index in [0.29, 0.717) is 0 Å². The molecule has 1 aliphatic carbocycles. The second-order valence-electron chi connectivity index (χ2n) is 5.09. The van der Waals surface area contributed by atoms with Gasteiger partial charge in [0.05, 0.1) is 14.1 Å². The summed E-state index contributed by atoms with van der Waals surface area (Å²) in [5.41, 5.74) is 0.720. The lowest BCUT2D eigenvalue weighted by molar-refractivity contribution is -0.791. The third-order valence-electron chi connectivity index (χ3n) is 4.19. The van der Waals surface area contributed by atoms with Crippen LogP contribution in [0.2, 0.25) is 0 Å². The van der Waals surface area contributed by atoms with Gasteiger partial charge in [-0.1, -0.05) is 13.3 Å². The summed E-state index contributed by atoms with van der Waals surface area (Å²) >= 11 is 0. The highest BCUT2D eigenvalue weighted by atomic mass is 15.5.